The quantitative estimate of drug-likeness (QED) is 0.848. The van der Waals surface area contributed by atoms with Crippen LogP contribution in [0.5, 0.6) is 5.88 Å². The molecule has 1 atom stereocenters. The average molecular weight is 290 g/mol. The molecular formula is C14H18N4O3. The van der Waals surface area contributed by atoms with Crippen molar-refractivity contribution in [2.75, 3.05) is 17.7 Å². The van der Waals surface area contributed by atoms with E-state index in [4.69, 9.17) is 9.26 Å². The molecule has 21 heavy (non-hydrogen) atoms. The molecule has 2 aromatic heterocycles. The van der Waals surface area contributed by atoms with Crippen LogP contribution >= 0.6 is 0 Å². The van der Waals surface area contributed by atoms with E-state index >= 15 is 0 Å². The summed E-state index contributed by atoms with van der Waals surface area (Å²) in [4.78, 5) is 16.3. The highest BCUT2D eigenvalue weighted by atomic mass is 16.5. The number of methoxy groups -OCH3 is 1. The molecule has 0 aliphatic rings. The van der Waals surface area contributed by atoms with Crippen LogP contribution < -0.4 is 15.4 Å². The van der Waals surface area contributed by atoms with Crippen LogP contribution in [0.1, 0.15) is 19.1 Å². The van der Waals surface area contributed by atoms with Gasteiger partial charge in [0.05, 0.1) is 19.0 Å². The lowest BCUT2D eigenvalue weighted by Gasteiger charge is -2.16. The fraction of sp³-hybridized carbons (Fsp3) is 0.357. The monoisotopic (exact) mass is 290 g/mol. The number of pyridine rings is 1. The number of rotatable bonds is 6. The molecule has 2 rings (SSSR count). The molecule has 0 bridgehead atoms. The van der Waals surface area contributed by atoms with Gasteiger partial charge in [-0.3, -0.25) is 4.79 Å². The van der Waals surface area contributed by atoms with Gasteiger partial charge in [0.25, 0.3) is 0 Å². The highest BCUT2D eigenvalue weighted by molar-refractivity contribution is 5.95. The van der Waals surface area contributed by atoms with Crippen molar-refractivity contribution in [1.82, 2.24) is 10.1 Å². The summed E-state index contributed by atoms with van der Waals surface area (Å²) < 4.78 is 9.91. The summed E-state index contributed by atoms with van der Waals surface area (Å²) in [6.07, 6.45) is 2.24. The molecule has 1 amide bonds. The minimum atomic E-state index is -0.391. The second kappa shape index (κ2) is 6.74. The number of hydrogen-bond donors (Lipinski definition) is 2. The summed E-state index contributed by atoms with van der Waals surface area (Å²) in [5, 5.41) is 9.56. The molecule has 2 N–H and O–H groups in total. The van der Waals surface area contributed by atoms with Gasteiger partial charge in [0.1, 0.15) is 11.8 Å². The van der Waals surface area contributed by atoms with E-state index in [0.717, 1.165) is 5.69 Å². The van der Waals surface area contributed by atoms with E-state index in [1.807, 2.05) is 13.0 Å². The predicted octanol–water partition coefficient (Wildman–Crippen LogP) is 2.22. The van der Waals surface area contributed by atoms with Crippen LogP contribution in [-0.2, 0) is 4.79 Å². The van der Waals surface area contributed by atoms with Crippen LogP contribution in [0.15, 0.2) is 28.9 Å². The maximum absolute atomic E-state index is 12.2. The van der Waals surface area contributed by atoms with Gasteiger partial charge >= 0.3 is 0 Å². The molecular weight excluding hydrogens is 272 g/mol. The summed E-state index contributed by atoms with van der Waals surface area (Å²) >= 11 is 0. The first-order valence-electron chi connectivity index (χ1n) is 6.63. The maximum Gasteiger partial charge on any atom is 0.248 e. The Balaban J connectivity index is 1.99. The van der Waals surface area contributed by atoms with Gasteiger partial charge < -0.3 is 19.9 Å². The first-order chi connectivity index (χ1) is 10.1. The van der Waals surface area contributed by atoms with Crippen LogP contribution in [0.25, 0.3) is 0 Å². The van der Waals surface area contributed by atoms with Gasteiger partial charge in [-0.05, 0) is 19.4 Å². The number of aromatic nitrogens is 2. The number of hydrogen-bond acceptors (Lipinski definition) is 6. The van der Waals surface area contributed by atoms with Gasteiger partial charge in [-0.25, -0.2) is 4.98 Å². The number of aryl methyl sites for hydroxylation is 1. The van der Waals surface area contributed by atoms with E-state index in [0.29, 0.717) is 23.9 Å². The molecule has 0 aromatic carbocycles. The Hall–Kier alpha value is -2.57. The van der Waals surface area contributed by atoms with Crippen molar-refractivity contribution in [3.8, 4) is 5.88 Å². The van der Waals surface area contributed by atoms with Crippen LogP contribution in [0.3, 0.4) is 0 Å². The van der Waals surface area contributed by atoms with Crippen molar-refractivity contribution in [3.63, 3.8) is 0 Å². The van der Waals surface area contributed by atoms with Crippen molar-refractivity contribution < 1.29 is 14.1 Å². The molecule has 0 aliphatic heterocycles. The first-order valence-corrected chi connectivity index (χ1v) is 6.63. The fourth-order valence-corrected chi connectivity index (χ4v) is 1.78. The predicted molar refractivity (Wildman–Crippen MR) is 78.4 cm³/mol. The Bertz CT molecular complexity index is 595. The third-order valence-corrected chi connectivity index (χ3v) is 2.89. The lowest BCUT2D eigenvalue weighted by molar-refractivity contribution is -0.117. The summed E-state index contributed by atoms with van der Waals surface area (Å²) in [6.45, 7) is 3.68. The largest absolute Gasteiger partial charge is 0.481 e. The zero-order valence-electron chi connectivity index (χ0n) is 12.2. The first kappa shape index (κ1) is 14.8. The van der Waals surface area contributed by atoms with E-state index in [9.17, 15) is 4.79 Å². The van der Waals surface area contributed by atoms with Gasteiger partial charge in [-0.1, -0.05) is 12.1 Å². The SMILES string of the molecule is CC[C@@H](Nc1ccc(OC)nc1)C(=O)Nc1cc(C)on1. The maximum atomic E-state index is 12.2. The molecule has 0 saturated carbocycles. The highest BCUT2D eigenvalue weighted by Gasteiger charge is 2.17. The zero-order valence-corrected chi connectivity index (χ0v) is 12.2. The van der Waals surface area contributed by atoms with Gasteiger partial charge in [-0.15, -0.1) is 0 Å². The van der Waals surface area contributed by atoms with Crippen molar-refractivity contribution in [2.24, 2.45) is 0 Å². The Morgan fingerprint density at radius 2 is 2.29 bits per heavy atom. The Morgan fingerprint density at radius 3 is 2.81 bits per heavy atom. The van der Waals surface area contributed by atoms with Crippen LogP contribution in [0.4, 0.5) is 11.5 Å². The summed E-state index contributed by atoms with van der Waals surface area (Å²) in [5.74, 6) is 1.40. The Labute approximate surface area is 122 Å². The molecule has 0 saturated heterocycles. The normalized spacial score (nSPS) is 11.8. The molecule has 7 nitrogen and oxygen atoms in total. The second-order valence-corrected chi connectivity index (χ2v) is 4.51. The van der Waals surface area contributed by atoms with Crippen LogP contribution in [0.2, 0.25) is 0 Å². The smallest absolute Gasteiger partial charge is 0.248 e. The molecule has 0 spiro atoms. The van der Waals surface area contributed by atoms with E-state index in [-0.39, 0.29) is 5.91 Å². The van der Waals surface area contributed by atoms with E-state index in [1.54, 1.807) is 32.4 Å². The van der Waals surface area contributed by atoms with Gasteiger partial charge in [-0.2, -0.15) is 0 Å². The Kier molecular flexibility index (Phi) is 4.76. The number of carbonyl (C=O) groups is 1. The number of carbonyl (C=O) groups excluding carboxylic acids is 1. The third kappa shape index (κ3) is 3.95. The summed E-state index contributed by atoms with van der Waals surface area (Å²) in [7, 11) is 1.55. The van der Waals surface area contributed by atoms with Crippen molar-refractivity contribution in [3.05, 3.63) is 30.2 Å². The lowest BCUT2D eigenvalue weighted by Crippen LogP contribution is -2.34. The minimum absolute atomic E-state index is 0.179. The summed E-state index contributed by atoms with van der Waals surface area (Å²) in [6, 6.07) is 4.81. The summed E-state index contributed by atoms with van der Waals surface area (Å²) in [5.41, 5.74) is 0.745. The third-order valence-electron chi connectivity index (χ3n) is 2.89. The van der Waals surface area contributed by atoms with Crippen molar-refractivity contribution in [2.45, 2.75) is 26.3 Å². The van der Waals surface area contributed by atoms with Gasteiger partial charge in [0.15, 0.2) is 5.82 Å². The van der Waals surface area contributed by atoms with Crippen LogP contribution in [-0.4, -0.2) is 29.2 Å². The Morgan fingerprint density at radius 1 is 1.48 bits per heavy atom. The number of ether oxygens (including phenoxy) is 1. The number of anilines is 2. The molecule has 112 valence electrons. The molecule has 7 heteroatoms. The second-order valence-electron chi connectivity index (χ2n) is 4.51. The molecule has 2 aromatic rings. The number of amides is 1. The van der Waals surface area contributed by atoms with Gasteiger partial charge in [0, 0.05) is 12.1 Å². The minimum Gasteiger partial charge on any atom is -0.481 e. The van der Waals surface area contributed by atoms with E-state index in [2.05, 4.69) is 20.8 Å². The fourth-order valence-electron chi connectivity index (χ4n) is 1.78. The topological polar surface area (TPSA) is 89.3 Å². The molecule has 0 aliphatic carbocycles. The number of nitrogens with zero attached hydrogens (tertiary/aromatic N) is 2. The highest BCUT2D eigenvalue weighted by Crippen LogP contribution is 2.14. The standard InChI is InChI=1S/C14H18N4O3/c1-4-11(14(19)17-12-7-9(2)21-18-12)16-10-5-6-13(20-3)15-8-10/h5-8,11,16H,4H2,1-3H3,(H,17,18,19)/t11-/m1/s1. The van der Waals surface area contributed by atoms with Crippen molar-refractivity contribution >= 4 is 17.4 Å². The molecule has 0 unspecified atom stereocenters. The van der Waals surface area contributed by atoms with E-state index in [1.165, 1.54) is 0 Å². The zero-order chi connectivity index (χ0) is 15.2. The molecule has 2 heterocycles. The van der Waals surface area contributed by atoms with E-state index < -0.39 is 6.04 Å². The van der Waals surface area contributed by atoms with Gasteiger partial charge in [0.2, 0.25) is 11.8 Å². The molecule has 0 fully saturated rings. The molecule has 0 radical (unpaired) electrons. The lowest BCUT2D eigenvalue weighted by atomic mass is 10.2. The van der Waals surface area contributed by atoms with Crippen molar-refractivity contribution in [1.29, 1.82) is 0 Å². The number of nitrogens with one attached hydrogen (secondary N) is 2. The average Bonchev–Trinajstić information content (AvgIpc) is 2.90. The van der Waals surface area contributed by atoms with Crippen LogP contribution in [0, 0.1) is 6.92 Å².